The molecular weight excluding hydrogens is 410 g/mol. The zero-order valence-corrected chi connectivity index (χ0v) is 18.6. The van der Waals surface area contributed by atoms with Crippen LogP contribution in [-0.2, 0) is 15.0 Å². The van der Waals surface area contributed by atoms with Gasteiger partial charge in [-0.1, -0.05) is 86.2 Å². The molecule has 1 aliphatic rings. The van der Waals surface area contributed by atoms with Gasteiger partial charge in [0.15, 0.2) is 0 Å². The van der Waals surface area contributed by atoms with Gasteiger partial charge in [0.05, 0.1) is 11.6 Å². The van der Waals surface area contributed by atoms with Gasteiger partial charge in [0.1, 0.15) is 11.3 Å². The monoisotopic (exact) mass is 433 g/mol. The Bertz CT molecular complexity index is 1160. The molecule has 1 fully saturated rings. The van der Waals surface area contributed by atoms with E-state index >= 15 is 0 Å². The van der Waals surface area contributed by atoms with Crippen molar-refractivity contribution in [1.82, 2.24) is 10.2 Å². The first-order valence-corrected chi connectivity index (χ1v) is 10.8. The Morgan fingerprint density at radius 3 is 2.23 bits per heavy atom. The SMILES string of the molecule is Cc1ccc(/C(O)=C2\C(=O)C(=O)N(c3nncs3)C2c2ccc(C(C)(C)C)cc2)cc1. The van der Waals surface area contributed by atoms with Crippen LogP contribution in [-0.4, -0.2) is 27.0 Å². The number of aromatic nitrogens is 2. The summed E-state index contributed by atoms with van der Waals surface area (Å²) in [6.07, 6.45) is 0. The molecule has 1 amide bonds. The number of hydrogen-bond donors (Lipinski definition) is 1. The molecule has 1 unspecified atom stereocenters. The molecule has 3 aromatic rings. The third kappa shape index (κ3) is 3.77. The van der Waals surface area contributed by atoms with E-state index in [1.807, 2.05) is 43.3 Å². The van der Waals surface area contributed by atoms with Crippen molar-refractivity contribution in [2.24, 2.45) is 0 Å². The predicted octanol–water partition coefficient (Wildman–Crippen LogP) is 4.77. The molecule has 2 aromatic carbocycles. The quantitative estimate of drug-likeness (QED) is 0.365. The van der Waals surface area contributed by atoms with Crippen LogP contribution in [0.25, 0.3) is 5.76 Å². The number of nitrogens with zero attached hydrogens (tertiary/aromatic N) is 3. The van der Waals surface area contributed by atoms with Crippen molar-refractivity contribution >= 4 is 33.9 Å². The van der Waals surface area contributed by atoms with E-state index in [1.165, 1.54) is 21.7 Å². The number of benzene rings is 2. The van der Waals surface area contributed by atoms with Gasteiger partial charge in [0.25, 0.3) is 5.78 Å². The van der Waals surface area contributed by atoms with Crippen molar-refractivity contribution in [1.29, 1.82) is 0 Å². The molecule has 1 atom stereocenters. The topological polar surface area (TPSA) is 83.4 Å². The number of aliphatic hydroxyl groups excluding tert-OH is 1. The molecule has 7 heteroatoms. The maximum Gasteiger partial charge on any atom is 0.301 e. The molecule has 4 rings (SSSR count). The van der Waals surface area contributed by atoms with E-state index in [0.717, 1.165) is 16.7 Å². The standard InChI is InChI=1S/C24H23N3O3S/c1-14-5-7-16(8-6-14)20(28)18-19(15-9-11-17(12-10-15)24(2,3)4)27(22(30)21(18)29)23-26-25-13-31-23/h5-13,19,28H,1-4H3/b20-18+. The lowest BCUT2D eigenvalue weighted by Gasteiger charge is -2.24. The number of amides is 1. The molecule has 0 spiro atoms. The fourth-order valence-corrected chi connectivity index (χ4v) is 4.23. The Morgan fingerprint density at radius 2 is 1.68 bits per heavy atom. The summed E-state index contributed by atoms with van der Waals surface area (Å²) in [4.78, 5) is 27.4. The number of Topliss-reactive ketones (excluding diaryl/α,β-unsaturated/α-hetero) is 1. The van der Waals surface area contributed by atoms with Crippen LogP contribution < -0.4 is 4.90 Å². The summed E-state index contributed by atoms with van der Waals surface area (Å²) in [5, 5.41) is 19.2. The Balaban J connectivity index is 1.90. The predicted molar refractivity (Wildman–Crippen MR) is 121 cm³/mol. The Labute approximate surface area is 184 Å². The third-order valence-electron chi connectivity index (χ3n) is 5.42. The van der Waals surface area contributed by atoms with Crippen molar-refractivity contribution in [2.45, 2.75) is 39.2 Å². The van der Waals surface area contributed by atoms with Gasteiger partial charge in [-0.15, -0.1) is 10.2 Å². The number of aryl methyl sites for hydroxylation is 1. The molecule has 0 bridgehead atoms. The summed E-state index contributed by atoms with van der Waals surface area (Å²) < 4.78 is 0. The van der Waals surface area contributed by atoms with Crippen LogP contribution in [0.4, 0.5) is 5.13 Å². The summed E-state index contributed by atoms with van der Waals surface area (Å²) >= 11 is 1.17. The average Bonchev–Trinajstić information content (AvgIpc) is 3.34. The van der Waals surface area contributed by atoms with Crippen LogP contribution in [0.5, 0.6) is 0 Å². The van der Waals surface area contributed by atoms with Crippen molar-refractivity contribution in [2.75, 3.05) is 4.90 Å². The minimum absolute atomic E-state index is 0.0402. The minimum atomic E-state index is -0.789. The van der Waals surface area contributed by atoms with E-state index in [9.17, 15) is 14.7 Å². The number of ketones is 1. The molecule has 158 valence electrons. The molecule has 1 aromatic heterocycles. The highest BCUT2D eigenvalue weighted by atomic mass is 32.1. The fraction of sp³-hybridized carbons (Fsp3) is 0.250. The largest absolute Gasteiger partial charge is 0.507 e. The van der Waals surface area contributed by atoms with Gasteiger partial charge in [-0.05, 0) is 23.5 Å². The first kappa shape index (κ1) is 20.9. The van der Waals surface area contributed by atoms with Crippen molar-refractivity contribution < 1.29 is 14.7 Å². The molecule has 0 radical (unpaired) electrons. The van der Waals surface area contributed by atoms with E-state index in [-0.39, 0.29) is 16.7 Å². The smallest absolute Gasteiger partial charge is 0.301 e. The summed E-state index contributed by atoms with van der Waals surface area (Å²) in [6.45, 7) is 8.29. The van der Waals surface area contributed by atoms with Gasteiger partial charge in [0, 0.05) is 5.56 Å². The number of hydrogen-bond acceptors (Lipinski definition) is 6. The average molecular weight is 434 g/mol. The van der Waals surface area contributed by atoms with Crippen LogP contribution in [0.1, 0.15) is 49.1 Å². The van der Waals surface area contributed by atoms with Crippen LogP contribution >= 0.6 is 11.3 Å². The molecule has 6 nitrogen and oxygen atoms in total. The summed E-state index contributed by atoms with van der Waals surface area (Å²) in [5.41, 5.74) is 4.87. The Hall–Kier alpha value is -3.32. The number of carbonyl (C=O) groups is 2. The van der Waals surface area contributed by atoms with Crippen LogP contribution in [0.3, 0.4) is 0 Å². The van der Waals surface area contributed by atoms with E-state index in [1.54, 1.807) is 12.1 Å². The molecule has 0 saturated carbocycles. The number of rotatable bonds is 3. The second-order valence-electron chi connectivity index (χ2n) is 8.63. The van der Waals surface area contributed by atoms with Gasteiger partial charge < -0.3 is 5.11 Å². The minimum Gasteiger partial charge on any atom is -0.507 e. The second kappa shape index (κ2) is 7.74. The van der Waals surface area contributed by atoms with Gasteiger partial charge in [-0.2, -0.15) is 0 Å². The first-order chi connectivity index (χ1) is 14.7. The van der Waals surface area contributed by atoms with Crippen molar-refractivity contribution in [3.63, 3.8) is 0 Å². The Kier molecular flexibility index (Phi) is 5.23. The molecule has 1 aliphatic heterocycles. The fourth-order valence-electron chi connectivity index (χ4n) is 3.65. The van der Waals surface area contributed by atoms with Crippen molar-refractivity contribution in [3.8, 4) is 0 Å². The first-order valence-electron chi connectivity index (χ1n) is 9.93. The van der Waals surface area contributed by atoms with Gasteiger partial charge in [0.2, 0.25) is 5.13 Å². The molecule has 1 saturated heterocycles. The highest BCUT2D eigenvalue weighted by molar-refractivity contribution is 7.13. The molecule has 0 aliphatic carbocycles. The third-order valence-corrected chi connectivity index (χ3v) is 6.11. The number of aliphatic hydroxyl groups is 1. The molecule has 2 heterocycles. The number of carbonyl (C=O) groups excluding carboxylic acids is 2. The van der Waals surface area contributed by atoms with Crippen LogP contribution in [0.15, 0.2) is 59.6 Å². The maximum absolute atomic E-state index is 13.0. The Morgan fingerprint density at radius 1 is 1.03 bits per heavy atom. The lowest BCUT2D eigenvalue weighted by molar-refractivity contribution is -0.132. The zero-order valence-electron chi connectivity index (χ0n) is 17.8. The normalized spacial score (nSPS) is 18.6. The summed E-state index contributed by atoms with van der Waals surface area (Å²) in [5.74, 6) is -1.66. The zero-order chi connectivity index (χ0) is 22.3. The highest BCUT2D eigenvalue weighted by Gasteiger charge is 2.48. The summed E-state index contributed by atoms with van der Waals surface area (Å²) in [6, 6.07) is 14.2. The molecule has 31 heavy (non-hydrogen) atoms. The van der Waals surface area contributed by atoms with Crippen LogP contribution in [0.2, 0.25) is 0 Å². The maximum atomic E-state index is 13.0. The van der Waals surface area contributed by atoms with E-state index in [2.05, 4.69) is 31.0 Å². The van der Waals surface area contributed by atoms with Gasteiger partial charge in [-0.25, -0.2) is 0 Å². The van der Waals surface area contributed by atoms with Gasteiger partial charge in [-0.3, -0.25) is 14.5 Å². The van der Waals surface area contributed by atoms with E-state index < -0.39 is 17.7 Å². The lowest BCUT2D eigenvalue weighted by Crippen LogP contribution is -2.29. The second-order valence-corrected chi connectivity index (χ2v) is 9.44. The van der Waals surface area contributed by atoms with Gasteiger partial charge >= 0.3 is 5.91 Å². The highest BCUT2D eigenvalue weighted by Crippen LogP contribution is 2.42. The van der Waals surface area contributed by atoms with E-state index in [4.69, 9.17) is 0 Å². The lowest BCUT2D eigenvalue weighted by atomic mass is 9.85. The summed E-state index contributed by atoms with van der Waals surface area (Å²) in [7, 11) is 0. The number of anilines is 1. The van der Waals surface area contributed by atoms with E-state index in [0.29, 0.717) is 10.7 Å². The van der Waals surface area contributed by atoms with Crippen LogP contribution in [0, 0.1) is 6.92 Å². The molecular formula is C24H23N3O3S. The molecule has 1 N–H and O–H groups in total. The van der Waals surface area contributed by atoms with Crippen molar-refractivity contribution in [3.05, 3.63) is 81.9 Å².